The van der Waals surface area contributed by atoms with E-state index in [9.17, 15) is 0 Å². The van der Waals surface area contributed by atoms with Crippen LogP contribution in [0.3, 0.4) is 0 Å². The molecule has 4 rings (SSSR count). The number of hydrogen-bond donors (Lipinski definition) is 1. The summed E-state index contributed by atoms with van der Waals surface area (Å²) in [6, 6.07) is 7.67. The van der Waals surface area contributed by atoms with Gasteiger partial charge in [-0.05, 0) is 37.8 Å². The van der Waals surface area contributed by atoms with E-state index in [0.29, 0.717) is 17.4 Å². The SMILES string of the molecule is Cn1cnnc1CNc1nc(-c2cccc(Cl)c2)nc2c1CCCC2. The highest BCUT2D eigenvalue weighted by atomic mass is 35.5. The van der Waals surface area contributed by atoms with Gasteiger partial charge in [0.15, 0.2) is 11.6 Å². The van der Waals surface area contributed by atoms with Crippen LogP contribution in [0.25, 0.3) is 11.4 Å². The number of anilines is 1. The first-order valence-corrected chi connectivity index (χ1v) is 8.81. The summed E-state index contributed by atoms with van der Waals surface area (Å²) >= 11 is 6.13. The van der Waals surface area contributed by atoms with Crippen LogP contribution in [-0.2, 0) is 26.4 Å². The van der Waals surface area contributed by atoms with Crippen molar-refractivity contribution in [1.29, 1.82) is 0 Å². The summed E-state index contributed by atoms with van der Waals surface area (Å²) in [6.07, 6.45) is 6.04. The van der Waals surface area contributed by atoms with Crippen LogP contribution in [-0.4, -0.2) is 24.7 Å². The Balaban J connectivity index is 1.71. The van der Waals surface area contributed by atoms with Gasteiger partial charge >= 0.3 is 0 Å². The molecular weight excluding hydrogens is 336 g/mol. The smallest absolute Gasteiger partial charge is 0.161 e. The summed E-state index contributed by atoms with van der Waals surface area (Å²) in [5, 5.41) is 12.2. The second-order valence-corrected chi connectivity index (χ2v) is 6.69. The number of halogens is 1. The molecule has 0 amide bonds. The second-order valence-electron chi connectivity index (χ2n) is 6.25. The lowest BCUT2D eigenvalue weighted by Crippen LogP contribution is -2.15. The molecule has 0 atom stereocenters. The predicted octanol–water partition coefficient (Wildman–Crippen LogP) is 3.42. The van der Waals surface area contributed by atoms with Gasteiger partial charge in [0.25, 0.3) is 0 Å². The fourth-order valence-electron chi connectivity index (χ4n) is 3.13. The molecule has 0 aliphatic heterocycles. The Morgan fingerprint density at radius 2 is 2.08 bits per heavy atom. The summed E-state index contributed by atoms with van der Waals surface area (Å²) in [6.45, 7) is 0.578. The van der Waals surface area contributed by atoms with Crippen LogP contribution in [0.15, 0.2) is 30.6 Å². The summed E-state index contributed by atoms with van der Waals surface area (Å²) in [5.74, 6) is 2.47. The molecule has 0 bridgehead atoms. The predicted molar refractivity (Wildman–Crippen MR) is 97.4 cm³/mol. The number of hydrogen-bond acceptors (Lipinski definition) is 5. The lowest BCUT2D eigenvalue weighted by Gasteiger charge is -2.20. The molecule has 0 fully saturated rings. The van der Waals surface area contributed by atoms with Crippen LogP contribution in [0.4, 0.5) is 5.82 Å². The maximum atomic E-state index is 6.13. The molecule has 1 N–H and O–H groups in total. The van der Waals surface area contributed by atoms with Crippen molar-refractivity contribution in [3.05, 3.63) is 52.7 Å². The van der Waals surface area contributed by atoms with E-state index in [2.05, 4.69) is 15.5 Å². The van der Waals surface area contributed by atoms with Crippen molar-refractivity contribution in [2.75, 3.05) is 5.32 Å². The van der Waals surface area contributed by atoms with Crippen molar-refractivity contribution in [3.8, 4) is 11.4 Å². The normalized spacial score (nSPS) is 13.5. The molecule has 0 spiro atoms. The molecule has 2 aromatic heterocycles. The minimum Gasteiger partial charge on any atom is -0.362 e. The van der Waals surface area contributed by atoms with Gasteiger partial charge in [-0.1, -0.05) is 23.7 Å². The first-order chi connectivity index (χ1) is 12.2. The fraction of sp³-hybridized carbons (Fsp3) is 0.333. The van der Waals surface area contributed by atoms with E-state index in [1.54, 1.807) is 6.33 Å². The number of aryl methyl sites for hydroxylation is 2. The number of nitrogens with one attached hydrogen (secondary N) is 1. The molecular formula is C18H19ClN6. The Morgan fingerprint density at radius 3 is 2.88 bits per heavy atom. The van der Waals surface area contributed by atoms with Crippen LogP contribution < -0.4 is 5.32 Å². The van der Waals surface area contributed by atoms with Crippen molar-refractivity contribution in [3.63, 3.8) is 0 Å². The Labute approximate surface area is 151 Å². The van der Waals surface area contributed by atoms with Gasteiger partial charge in [0, 0.05) is 28.9 Å². The number of aromatic nitrogens is 5. The first kappa shape index (κ1) is 16.0. The topological polar surface area (TPSA) is 68.5 Å². The molecule has 25 heavy (non-hydrogen) atoms. The zero-order valence-corrected chi connectivity index (χ0v) is 14.8. The van der Waals surface area contributed by atoms with E-state index >= 15 is 0 Å². The number of benzene rings is 1. The van der Waals surface area contributed by atoms with Gasteiger partial charge in [-0.15, -0.1) is 10.2 Å². The summed E-state index contributed by atoms with van der Waals surface area (Å²) in [7, 11) is 1.93. The largest absolute Gasteiger partial charge is 0.362 e. The third-order valence-corrected chi connectivity index (χ3v) is 4.72. The summed E-state index contributed by atoms with van der Waals surface area (Å²) < 4.78 is 1.90. The monoisotopic (exact) mass is 354 g/mol. The number of rotatable bonds is 4. The average molecular weight is 355 g/mol. The van der Waals surface area contributed by atoms with Crippen molar-refractivity contribution in [2.24, 2.45) is 7.05 Å². The lowest BCUT2D eigenvalue weighted by atomic mass is 9.96. The van der Waals surface area contributed by atoms with Gasteiger partial charge in [-0.3, -0.25) is 0 Å². The Kier molecular flexibility index (Phi) is 4.36. The van der Waals surface area contributed by atoms with Gasteiger partial charge < -0.3 is 9.88 Å². The van der Waals surface area contributed by atoms with E-state index in [4.69, 9.17) is 21.6 Å². The van der Waals surface area contributed by atoms with E-state index in [1.807, 2.05) is 35.9 Å². The van der Waals surface area contributed by atoms with E-state index in [0.717, 1.165) is 35.7 Å². The number of nitrogens with zero attached hydrogens (tertiary/aromatic N) is 5. The fourth-order valence-corrected chi connectivity index (χ4v) is 3.32. The minimum absolute atomic E-state index is 0.578. The van der Waals surface area contributed by atoms with Gasteiger partial charge in [0.05, 0.1) is 6.54 Å². The lowest BCUT2D eigenvalue weighted by molar-refractivity contribution is 0.664. The molecule has 0 saturated carbocycles. The van der Waals surface area contributed by atoms with Crippen LogP contribution in [0.2, 0.25) is 5.02 Å². The van der Waals surface area contributed by atoms with E-state index in [1.165, 1.54) is 18.4 Å². The van der Waals surface area contributed by atoms with Crippen LogP contribution >= 0.6 is 11.6 Å². The second kappa shape index (κ2) is 6.80. The maximum Gasteiger partial charge on any atom is 0.161 e. The first-order valence-electron chi connectivity index (χ1n) is 8.43. The molecule has 128 valence electrons. The van der Waals surface area contributed by atoms with Gasteiger partial charge in [0.2, 0.25) is 0 Å². The van der Waals surface area contributed by atoms with Crippen molar-refractivity contribution >= 4 is 17.4 Å². The van der Waals surface area contributed by atoms with E-state index < -0.39 is 0 Å². The molecule has 1 aliphatic carbocycles. The Morgan fingerprint density at radius 1 is 1.20 bits per heavy atom. The summed E-state index contributed by atoms with van der Waals surface area (Å²) in [5.41, 5.74) is 3.29. The van der Waals surface area contributed by atoms with Crippen LogP contribution in [0.1, 0.15) is 29.9 Å². The average Bonchev–Trinajstić information content (AvgIpc) is 3.04. The number of fused-ring (bicyclic) bond motifs is 1. The quantitative estimate of drug-likeness (QED) is 0.777. The highest BCUT2D eigenvalue weighted by molar-refractivity contribution is 6.30. The Hall–Kier alpha value is -2.47. The molecule has 1 aromatic carbocycles. The molecule has 3 aromatic rings. The van der Waals surface area contributed by atoms with Crippen molar-refractivity contribution < 1.29 is 0 Å². The van der Waals surface area contributed by atoms with Gasteiger partial charge in [-0.25, -0.2) is 9.97 Å². The van der Waals surface area contributed by atoms with E-state index in [-0.39, 0.29) is 0 Å². The van der Waals surface area contributed by atoms with Crippen LogP contribution in [0.5, 0.6) is 0 Å². The van der Waals surface area contributed by atoms with Crippen molar-refractivity contribution in [2.45, 2.75) is 32.2 Å². The molecule has 2 heterocycles. The standard InChI is InChI=1S/C18H19ClN6/c1-25-11-21-24-16(25)10-20-18-14-7-2-3-8-15(14)22-17(23-18)12-5-4-6-13(19)9-12/h4-6,9,11H,2-3,7-8,10H2,1H3,(H,20,22,23). The highest BCUT2D eigenvalue weighted by Gasteiger charge is 2.19. The Bertz CT molecular complexity index is 904. The zero-order chi connectivity index (χ0) is 17.2. The third kappa shape index (κ3) is 3.35. The zero-order valence-electron chi connectivity index (χ0n) is 14.0. The molecule has 0 unspecified atom stereocenters. The molecule has 1 aliphatic rings. The molecule has 0 radical (unpaired) electrons. The minimum atomic E-state index is 0.578. The van der Waals surface area contributed by atoms with Crippen molar-refractivity contribution in [1.82, 2.24) is 24.7 Å². The maximum absolute atomic E-state index is 6.13. The summed E-state index contributed by atoms with van der Waals surface area (Å²) in [4.78, 5) is 9.59. The van der Waals surface area contributed by atoms with Gasteiger partial charge in [0.1, 0.15) is 12.1 Å². The van der Waals surface area contributed by atoms with Crippen LogP contribution in [0, 0.1) is 0 Å². The van der Waals surface area contributed by atoms with Gasteiger partial charge in [-0.2, -0.15) is 0 Å². The third-order valence-electron chi connectivity index (χ3n) is 4.49. The molecule has 6 nitrogen and oxygen atoms in total. The molecule has 7 heteroatoms. The highest BCUT2D eigenvalue weighted by Crippen LogP contribution is 2.29. The molecule has 0 saturated heterocycles.